The summed E-state index contributed by atoms with van der Waals surface area (Å²) in [5, 5.41) is 3.46. The number of likely N-dealkylation sites (N-methyl/N-ethyl adjacent to an activating group) is 1. The summed E-state index contributed by atoms with van der Waals surface area (Å²) in [6, 6.07) is 9.33. The molecule has 1 atom stereocenters. The quantitative estimate of drug-likeness (QED) is 0.842. The third-order valence-electron chi connectivity index (χ3n) is 4.39. The van der Waals surface area contributed by atoms with Gasteiger partial charge in [-0.25, -0.2) is 9.78 Å². The Kier molecular flexibility index (Phi) is 5.07. The van der Waals surface area contributed by atoms with Gasteiger partial charge in [-0.2, -0.15) is 0 Å². The van der Waals surface area contributed by atoms with Gasteiger partial charge < -0.3 is 19.7 Å². The number of rotatable bonds is 5. The number of ether oxygens (including phenoxy) is 2. The van der Waals surface area contributed by atoms with E-state index in [1.807, 2.05) is 18.2 Å². The van der Waals surface area contributed by atoms with E-state index in [9.17, 15) is 4.79 Å². The normalized spacial score (nSPS) is 14.3. The van der Waals surface area contributed by atoms with E-state index in [2.05, 4.69) is 29.0 Å². The van der Waals surface area contributed by atoms with Crippen LogP contribution in [0.1, 0.15) is 35.8 Å². The highest BCUT2D eigenvalue weighted by Gasteiger charge is 2.22. The van der Waals surface area contributed by atoms with Crippen LogP contribution in [0, 0.1) is 0 Å². The van der Waals surface area contributed by atoms with Crippen LogP contribution >= 0.6 is 0 Å². The number of anilines is 2. The molecule has 132 valence electrons. The first-order valence-electron chi connectivity index (χ1n) is 8.45. The Morgan fingerprint density at radius 3 is 2.80 bits per heavy atom. The van der Waals surface area contributed by atoms with Crippen molar-refractivity contribution in [1.29, 1.82) is 0 Å². The fraction of sp³-hybridized carbons (Fsp3) is 0.368. The van der Waals surface area contributed by atoms with Gasteiger partial charge in [0.25, 0.3) is 0 Å². The molecule has 2 aromatic rings. The smallest absolute Gasteiger partial charge is 0.337 e. The minimum Gasteiger partial charge on any atom is -0.489 e. The van der Waals surface area contributed by atoms with Crippen molar-refractivity contribution in [2.45, 2.75) is 19.9 Å². The number of nitrogens with zero attached hydrogens (tertiary/aromatic N) is 2. The van der Waals surface area contributed by atoms with Crippen molar-refractivity contribution in [1.82, 2.24) is 4.98 Å². The highest BCUT2D eigenvalue weighted by atomic mass is 16.5. The van der Waals surface area contributed by atoms with Gasteiger partial charge in [0.1, 0.15) is 18.0 Å². The van der Waals surface area contributed by atoms with Crippen LogP contribution in [0.5, 0.6) is 5.75 Å². The highest BCUT2D eigenvalue weighted by Crippen LogP contribution is 2.38. The average Bonchev–Trinajstić information content (AvgIpc) is 2.67. The molecule has 0 saturated carbocycles. The lowest BCUT2D eigenvalue weighted by Crippen LogP contribution is -2.33. The standard InChI is InChI=1S/C19H23N3O3/c1-4-22-11-12-25-16-9-10-20-18(17(16)22)21-13(2)14-5-7-15(8-6-14)19(23)24-3/h5-10,13H,4,11-12H2,1-3H3,(H,20,21). The van der Waals surface area contributed by atoms with Gasteiger partial charge in [0.15, 0.2) is 5.82 Å². The van der Waals surface area contributed by atoms with E-state index in [-0.39, 0.29) is 12.0 Å². The lowest BCUT2D eigenvalue weighted by molar-refractivity contribution is 0.0600. The monoisotopic (exact) mass is 341 g/mol. The fourth-order valence-corrected chi connectivity index (χ4v) is 2.97. The van der Waals surface area contributed by atoms with Crippen molar-refractivity contribution in [2.75, 3.05) is 37.0 Å². The Morgan fingerprint density at radius 1 is 1.36 bits per heavy atom. The minimum absolute atomic E-state index is 0.0336. The van der Waals surface area contributed by atoms with E-state index < -0.39 is 0 Å². The number of carbonyl (C=O) groups excluding carboxylic acids is 1. The third-order valence-corrected chi connectivity index (χ3v) is 4.39. The first-order chi connectivity index (χ1) is 12.1. The Morgan fingerprint density at radius 2 is 2.12 bits per heavy atom. The fourth-order valence-electron chi connectivity index (χ4n) is 2.97. The maximum absolute atomic E-state index is 11.5. The van der Waals surface area contributed by atoms with E-state index in [1.54, 1.807) is 18.3 Å². The number of hydrogen-bond acceptors (Lipinski definition) is 6. The zero-order valence-corrected chi connectivity index (χ0v) is 14.8. The van der Waals surface area contributed by atoms with Gasteiger partial charge in [-0.3, -0.25) is 0 Å². The molecule has 1 aliphatic heterocycles. The number of esters is 1. The molecule has 0 aliphatic carbocycles. The van der Waals surface area contributed by atoms with Crippen molar-refractivity contribution in [2.24, 2.45) is 0 Å². The van der Waals surface area contributed by atoms with Crippen LogP contribution in [-0.4, -0.2) is 37.8 Å². The van der Waals surface area contributed by atoms with Crippen LogP contribution < -0.4 is 15.0 Å². The van der Waals surface area contributed by atoms with Gasteiger partial charge in [-0.15, -0.1) is 0 Å². The molecule has 25 heavy (non-hydrogen) atoms. The average molecular weight is 341 g/mol. The zero-order chi connectivity index (χ0) is 17.8. The van der Waals surface area contributed by atoms with Crippen molar-refractivity contribution in [3.05, 3.63) is 47.7 Å². The summed E-state index contributed by atoms with van der Waals surface area (Å²) in [5.74, 6) is 1.34. The third kappa shape index (κ3) is 3.52. The molecule has 0 fully saturated rings. The molecule has 6 nitrogen and oxygen atoms in total. The molecule has 1 aromatic carbocycles. The molecule has 6 heteroatoms. The molecule has 0 saturated heterocycles. The summed E-state index contributed by atoms with van der Waals surface area (Å²) >= 11 is 0. The van der Waals surface area contributed by atoms with Crippen LogP contribution in [0.4, 0.5) is 11.5 Å². The van der Waals surface area contributed by atoms with Gasteiger partial charge in [0.05, 0.1) is 25.3 Å². The van der Waals surface area contributed by atoms with Gasteiger partial charge in [0.2, 0.25) is 0 Å². The van der Waals surface area contributed by atoms with E-state index >= 15 is 0 Å². The van der Waals surface area contributed by atoms with E-state index in [0.29, 0.717) is 12.2 Å². The van der Waals surface area contributed by atoms with Crippen LogP contribution in [0.2, 0.25) is 0 Å². The topological polar surface area (TPSA) is 63.7 Å². The summed E-state index contributed by atoms with van der Waals surface area (Å²) in [5.41, 5.74) is 2.61. The lowest BCUT2D eigenvalue weighted by atomic mass is 10.1. The van der Waals surface area contributed by atoms with Gasteiger partial charge >= 0.3 is 5.97 Å². The molecule has 0 bridgehead atoms. The van der Waals surface area contributed by atoms with E-state index in [4.69, 9.17) is 9.47 Å². The number of benzene rings is 1. The molecule has 2 heterocycles. The molecule has 1 aliphatic rings. The molecular weight excluding hydrogens is 318 g/mol. The van der Waals surface area contributed by atoms with Crippen molar-refractivity contribution in [3.63, 3.8) is 0 Å². The number of carbonyl (C=O) groups is 1. The molecule has 1 N–H and O–H groups in total. The molecule has 0 amide bonds. The van der Waals surface area contributed by atoms with E-state index in [0.717, 1.165) is 35.9 Å². The second-order valence-electron chi connectivity index (χ2n) is 5.91. The van der Waals surface area contributed by atoms with Crippen LogP contribution in [0.3, 0.4) is 0 Å². The maximum Gasteiger partial charge on any atom is 0.337 e. The van der Waals surface area contributed by atoms with Gasteiger partial charge in [0, 0.05) is 18.8 Å². The molecule has 3 rings (SSSR count). The van der Waals surface area contributed by atoms with Crippen LogP contribution in [0.15, 0.2) is 36.5 Å². The molecule has 1 unspecified atom stereocenters. The van der Waals surface area contributed by atoms with Crippen molar-refractivity contribution in [3.8, 4) is 5.75 Å². The summed E-state index contributed by atoms with van der Waals surface area (Å²) in [6.07, 6.45) is 1.76. The Balaban J connectivity index is 1.82. The Hall–Kier alpha value is -2.76. The van der Waals surface area contributed by atoms with E-state index in [1.165, 1.54) is 7.11 Å². The molecule has 0 spiro atoms. The Labute approximate surface area is 147 Å². The number of hydrogen-bond donors (Lipinski definition) is 1. The van der Waals surface area contributed by atoms with Crippen molar-refractivity contribution < 1.29 is 14.3 Å². The number of aromatic nitrogens is 1. The molecular formula is C19H23N3O3. The second-order valence-corrected chi connectivity index (χ2v) is 5.91. The van der Waals surface area contributed by atoms with Gasteiger partial charge in [-0.1, -0.05) is 12.1 Å². The first kappa shape index (κ1) is 17.1. The number of nitrogens with one attached hydrogen (secondary N) is 1. The summed E-state index contributed by atoms with van der Waals surface area (Å²) in [4.78, 5) is 18.3. The van der Waals surface area contributed by atoms with Crippen LogP contribution in [0.25, 0.3) is 0 Å². The molecule has 0 radical (unpaired) electrons. The predicted molar refractivity (Wildman–Crippen MR) is 97.4 cm³/mol. The number of pyridine rings is 1. The Bertz CT molecular complexity index is 746. The van der Waals surface area contributed by atoms with Gasteiger partial charge in [-0.05, 0) is 31.5 Å². The highest BCUT2D eigenvalue weighted by molar-refractivity contribution is 5.89. The minimum atomic E-state index is -0.332. The second kappa shape index (κ2) is 7.42. The van der Waals surface area contributed by atoms with Crippen molar-refractivity contribution >= 4 is 17.5 Å². The maximum atomic E-state index is 11.5. The first-order valence-corrected chi connectivity index (χ1v) is 8.45. The summed E-state index contributed by atoms with van der Waals surface area (Å²) in [6.45, 7) is 6.63. The number of methoxy groups -OCH3 is 1. The predicted octanol–water partition coefficient (Wildman–Crippen LogP) is 3.26. The van der Waals surface area contributed by atoms with Crippen LogP contribution in [-0.2, 0) is 4.74 Å². The summed E-state index contributed by atoms with van der Waals surface area (Å²) in [7, 11) is 1.38. The lowest BCUT2D eigenvalue weighted by Gasteiger charge is -2.32. The molecule has 1 aromatic heterocycles. The SMILES string of the molecule is CCN1CCOc2ccnc(NC(C)c3ccc(C(=O)OC)cc3)c21. The summed E-state index contributed by atoms with van der Waals surface area (Å²) < 4.78 is 10.5. The number of fused-ring (bicyclic) bond motifs is 1. The zero-order valence-electron chi connectivity index (χ0n) is 14.8. The largest absolute Gasteiger partial charge is 0.489 e.